The smallest absolute Gasteiger partial charge is 0.307 e. The van der Waals surface area contributed by atoms with E-state index in [-0.39, 0.29) is 24.3 Å². The molecule has 0 saturated carbocycles. The Morgan fingerprint density at radius 2 is 1.84 bits per heavy atom. The van der Waals surface area contributed by atoms with Crippen LogP contribution in [-0.2, 0) is 12.5 Å². The minimum absolute atomic E-state index is 0.00738. The predicted molar refractivity (Wildman–Crippen MR) is 55.6 cm³/mol. The first-order chi connectivity index (χ1) is 8.66. The van der Waals surface area contributed by atoms with E-state index < -0.39 is 17.9 Å². The van der Waals surface area contributed by atoms with Gasteiger partial charge in [-0.05, 0) is 5.92 Å². The minimum atomic E-state index is -5.67. The van der Waals surface area contributed by atoms with Crippen LogP contribution in [0.3, 0.4) is 0 Å². The quantitative estimate of drug-likeness (QED) is 0.847. The van der Waals surface area contributed by atoms with Gasteiger partial charge in [0.2, 0.25) is 5.82 Å². The predicted octanol–water partition coefficient (Wildman–Crippen LogP) is 2.23. The van der Waals surface area contributed by atoms with Gasteiger partial charge in [0, 0.05) is 13.1 Å². The first kappa shape index (κ1) is 14.2. The van der Waals surface area contributed by atoms with E-state index in [9.17, 15) is 22.0 Å². The van der Waals surface area contributed by atoms with Gasteiger partial charge >= 0.3 is 12.1 Å². The van der Waals surface area contributed by atoms with Crippen LogP contribution in [0.5, 0.6) is 0 Å². The topological polar surface area (TPSA) is 42.7 Å². The van der Waals surface area contributed by atoms with Crippen LogP contribution in [0, 0.1) is 5.92 Å². The van der Waals surface area contributed by atoms with Crippen LogP contribution in [0.4, 0.5) is 22.0 Å². The number of hydrogen-bond acceptors (Lipinski definition) is 3. The van der Waals surface area contributed by atoms with Crippen molar-refractivity contribution in [3.63, 3.8) is 0 Å². The van der Waals surface area contributed by atoms with Crippen molar-refractivity contribution in [2.75, 3.05) is 6.54 Å². The van der Waals surface area contributed by atoms with E-state index in [1.165, 1.54) is 0 Å². The third kappa shape index (κ3) is 2.19. The largest absolute Gasteiger partial charge is 0.461 e. The molecule has 2 heterocycles. The average Bonchev–Trinajstić information content (AvgIpc) is 2.70. The number of hydrogen-bond donors (Lipinski definition) is 1. The van der Waals surface area contributed by atoms with E-state index in [4.69, 9.17) is 0 Å². The first-order valence-electron chi connectivity index (χ1n) is 5.77. The highest BCUT2D eigenvalue weighted by Gasteiger charge is 2.62. The van der Waals surface area contributed by atoms with Crippen LogP contribution in [0.1, 0.15) is 31.5 Å². The van der Waals surface area contributed by atoms with Crippen molar-refractivity contribution in [2.45, 2.75) is 38.5 Å². The van der Waals surface area contributed by atoms with Crippen molar-refractivity contribution in [3.8, 4) is 0 Å². The molecule has 9 heteroatoms. The molecule has 1 aliphatic heterocycles. The fraction of sp³-hybridized carbons (Fsp3) is 0.800. The van der Waals surface area contributed by atoms with Gasteiger partial charge in [0.1, 0.15) is 0 Å². The molecule has 1 unspecified atom stereocenters. The normalized spacial score (nSPS) is 20.7. The highest BCUT2D eigenvalue weighted by Crippen LogP contribution is 2.43. The summed E-state index contributed by atoms with van der Waals surface area (Å²) in [5, 5.41) is 9.61. The van der Waals surface area contributed by atoms with Gasteiger partial charge in [0.15, 0.2) is 5.82 Å². The zero-order valence-electron chi connectivity index (χ0n) is 10.3. The number of alkyl halides is 5. The molecule has 19 heavy (non-hydrogen) atoms. The second kappa shape index (κ2) is 4.39. The van der Waals surface area contributed by atoms with Crippen LogP contribution in [-0.4, -0.2) is 27.5 Å². The number of fused-ring (bicyclic) bond motifs is 1. The van der Waals surface area contributed by atoms with E-state index in [2.05, 4.69) is 15.5 Å². The summed E-state index contributed by atoms with van der Waals surface area (Å²) in [6.45, 7) is 3.94. The molecule has 1 atom stereocenters. The third-order valence-electron chi connectivity index (χ3n) is 3.06. The zero-order valence-corrected chi connectivity index (χ0v) is 10.3. The molecule has 0 fully saturated rings. The molecule has 4 nitrogen and oxygen atoms in total. The van der Waals surface area contributed by atoms with Crippen molar-refractivity contribution in [3.05, 3.63) is 11.6 Å². The second-order valence-electron chi connectivity index (χ2n) is 4.78. The summed E-state index contributed by atoms with van der Waals surface area (Å²) in [6, 6.07) is -0.376. The third-order valence-corrected chi connectivity index (χ3v) is 3.06. The number of halogens is 5. The molecule has 0 aromatic carbocycles. The lowest BCUT2D eigenvalue weighted by atomic mass is 10.0. The molecule has 0 amide bonds. The number of aromatic nitrogens is 3. The van der Waals surface area contributed by atoms with Crippen molar-refractivity contribution in [1.29, 1.82) is 0 Å². The van der Waals surface area contributed by atoms with Crippen molar-refractivity contribution < 1.29 is 22.0 Å². The fourth-order valence-electron chi connectivity index (χ4n) is 2.08. The monoisotopic (exact) mass is 284 g/mol. The lowest BCUT2D eigenvalue weighted by Crippen LogP contribution is -2.41. The zero-order chi connectivity index (χ0) is 14.4. The van der Waals surface area contributed by atoms with Gasteiger partial charge in [0.05, 0.1) is 6.04 Å². The molecule has 1 aromatic rings. The second-order valence-corrected chi connectivity index (χ2v) is 4.78. The van der Waals surface area contributed by atoms with Gasteiger partial charge in [-0.2, -0.15) is 22.0 Å². The maximum absolute atomic E-state index is 13.3. The SMILES string of the molecule is CC(C)C1NCCn2c1nnc2C(F)(F)C(F)(F)F. The molecule has 108 valence electrons. The van der Waals surface area contributed by atoms with E-state index in [0.29, 0.717) is 6.54 Å². The Balaban J connectivity index is 2.47. The summed E-state index contributed by atoms with van der Waals surface area (Å²) in [7, 11) is 0. The summed E-state index contributed by atoms with van der Waals surface area (Å²) in [6.07, 6.45) is -5.67. The summed E-state index contributed by atoms with van der Waals surface area (Å²) >= 11 is 0. The van der Waals surface area contributed by atoms with Crippen molar-refractivity contribution in [2.24, 2.45) is 5.92 Å². The number of nitrogens with zero attached hydrogens (tertiary/aromatic N) is 3. The molecule has 1 N–H and O–H groups in total. The molecule has 0 bridgehead atoms. The molecular weight excluding hydrogens is 271 g/mol. The van der Waals surface area contributed by atoms with Crippen LogP contribution >= 0.6 is 0 Å². The summed E-state index contributed by atoms with van der Waals surface area (Å²) in [5.41, 5.74) is 0. The summed E-state index contributed by atoms with van der Waals surface area (Å²) in [4.78, 5) is 0. The van der Waals surface area contributed by atoms with Crippen LogP contribution in [0.2, 0.25) is 0 Å². The standard InChI is InChI=1S/C10H13F5N4/c1-5(2)6-7-17-18-8(19(7)4-3-16-6)9(11,12)10(13,14)15/h5-6,16H,3-4H2,1-2H3. The van der Waals surface area contributed by atoms with E-state index >= 15 is 0 Å². The Morgan fingerprint density at radius 1 is 1.21 bits per heavy atom. The molecule has 1 aliphatic rings. The van der Waals surface area contributed by atoms with Crippen LogP contribution in [0.25, 0.3) is 0 Å². The maximum atomic E-state index is 13.3. The van der Waals surface area contributed by atoms with Crippen LogP contribution in [0.15, 0.2) is 0 Å². The maximum Gasteiger partial charge on any atom is 0.461 e. The minimum Gasteiger partial charge on any atom is -0.307 e. The number of rotatable bonds is 2. The fourth-order valence-corrected chi connectivity index (χ4v) is 2.08. The van der Waals surface area contributed by atoms with Gasteiger partial charge in [-0.15, -0.1) is 10.2 Å². The number of nitrogens with one attached hydrogen (secondary N) is 1. The van der Waals surface area contributed by atoms with E-state index in [0.717, 1.165) is 4.57 Å². The Hall–Kier alpha value is -1.25. The van der Waals surface area contributed by atoms with Crippen LogP contribution < -0.4 is 5.32 Å². The van der Waals surface area contributed by atoms with Gasteiger partial charge in [-0.25, -0.2) is 0 Å². The van der Waals surface area contributed by atoms with Gasteiger partial charge in [-0.3, -0.25) is 0 Å². The molecule has 0 radical (unpaired) electrons. The van der Waals surface area contributed by atoms with Crippen molar-refractivity contribution in [1.82, 2.24) is 20.1 Å². The molecule has 1 aromatic heterocycles. The average molecular weight is 284 g/mol. The summed E-state index contributed by atoms with van der Waals surface area (Å²) < 4.78 is 64.7. The van der Waals surface area contributed by atoms with E-state index in [1.807, 2.05) is 13.8 Å². The lowest BCUT2D eigenvalue weighted by molar-refractivity contribution is -0.293. The first-order valence-corrected chi connectivity index (χ1v) is 5.77. The highest BCUT2D eigenvalue weighted by molar-refractivity contribution is 5.10. The molecule has 0 saturated heterocycles. The Kier molecular flexibility index (Phi) is 3.28. The molecule has 0 aliphatic carbocycles. The Labute approximate surface area is 106 Å². The summed E-state index contributed by atoms with van der Waals surface area (Å²) in [5.74, 6) is -6.19. The highest BCUT2D eigenvalue weighted by atomic mass is 19.4. The molecule has 0 spiro atoms. The van der Waals surface area contributed by atoms with Gasteiger partial charge < -0.3 is 9.88 Å². The van der Waals surface area contributed by atoms with E-state index in [1.54, 1.807) is 0 Å². The Morgan fingerprint density at radius 3 is 2.37 bits per heavy atom. The molecular formula is C10H13F5N4. The van der Waals surface area contributed by atoms with Crippen molar-refractivity contribution >= 4 is 0 Å². The lowest BCUT2D eigenvalue weighted by Gasteiger charge is -2.29. The molecule has 2 rings (SSSR count). The van der Waals surface area contributed by atoms with Gasteiger partial charge in [0.25, 0.3) is 0 Å². The van der Waals surface area contributed by atoms with Gasteiger partial charge in [-0.1, -0.05) is 13.8 Å². The Bertz CT molecular complexity index is 465.